The maximum absolute atomic E-state index is 3.31. The van der Waals surface area contributed by atoms with Gasteiger partial charge in [0.05, 0.1) is 0 Å². The van der Waals surface area contributed by atoms with E-state index >= 15 is 0 Å². The fourth-order valence-electron chi connectivity index (χ4n) is 2.77. The third kappa shape index (κ3) is 2.60. The number of thiophene rings is 1. The van der Waals surface area contributed by atoms with Gasteiger partial charge in [0.15, 0.2) is 0 Å². The molecule has 0 spiro atoms. The molecule has 3 rings (SSSR count). The van der Waals surface area contributed by atoms with Crippen molar-refractivity contribution >= 4 is 11.3 Å². The smallest absolute Gasteiger partial charge is 0.0383 e. The van der Waals surface area contributed by atoms with Gasteiger partial charge >= 0.3 is 0 Å². The predicted molar refractivity (Wildman–Crippen MR) is 83.9 cm³/mol. The lowest BCUT2D eigenvalue weighted by Gasteiger charge is -2.16. The number of aryl methyl sites for hydroxylation is 2. The van der Waals surface area contributed by atoms with E-state index in [9.17, 15) is 0 Å². The van der Waals surface area contributed by atoms with Crippen molar-refractivity contribution in [1.29, 1.82) is 0 Å². The van der Waals surface area contributed by atoms with Crippen LogP contribution in [-0.2, 0) is 12.8 Å². The van der Waals surface area contributed by atoms with E-state index in [4.69, 9.17) is 0 Å². The lowest BCUT2D eigenvalue weighted by atomic mass is 9.90. The first-order valence-corrected chi connectivity index (χ1v) is 7.99. The molecule has 1 nitrogen and oxygen atoms in total. The van der Waals surface area contributed by atoms with Crippen LogP contribution < -0.4 is 5.32 Å². The van der Waals surface area contributed by atoms with E-state index in [1.165, 1.54) is 41.0 Å². The van der Waals surface area contributed by atoms with Gasteiger partial charge in [0.25, 0.3) is 0 Å². The minimum absolute atomic E-state index is 0.441. The molecule has 1 atom stereocenters. The van der Waals surface area contributed by atoms with Crippen LogP contribution >= 0.6 is 11.3 Å². The zero-order valence-electron chi connectivity index (χ0n) is 11.7. The standard InChI is InChI=1S/C17H21NS/c1-12(18-2)16-9-10-17(19-16)15-8-7-13-5-3-4-6-14(13)11-15/h7-12,18H,3-6H2,1-2H3. The van der Waals surface area contributed by atoms with E-state index in [1.807, 2.05) is 18.4 Å². The maximum Gasteiger partial charge on any atom is 0.0383 e. The predicted octanol–water partition coefficient (Wildman–Crippen LogP) is 4.57. The number of nitrogens with one attached hydrogen (secondary N) is 1. The summed E-state index contributed by atoms with van der Waals surface area (Å²) < 4.78 is 0. The summed E-state index contributed by atoms with van der Waals surface area (Å²) in [5, 5.41) is 3.31. The van der Waals surface area contributed by atoms with Gasteiger partial charge in [-0.05, 0) is 68.5 Å². The van der Waals surface area contributed by atoms with Crippen LogP contribution in [0.25, 0.3) is 10.4 Å². The van der Waals surface area contributed by atoms with E-state index in [0.717, 1.165) is 0 Å². The Hall–Kier alpha value is -1.12. The van der Waals surface area contributed by atoms with Gasteiger partial charge in [0.2, 0.25) is 0 Å². The highest BCUT2D eigenvalue weighted by atomic mass is 32.1. The molecule has 1 aliphatic carbocycles. The summed E-state index contributed by atoms with van der Waals surface area (Å²) in [4.78, 5) is 2.81. The number of hydrogen-bond donors (Lipinski definition) is 1. The topological polar surface area (TPSA) is 12.0 Å². The van der Waals surface area contributed by atoms with Gasteiger partial charge in [0, 0.05) is 15.8 Å². The summed E-state index contributed by atoms with van der Waals surface area (Å²) in [7, 11) is 2.02. The van der Waals surface area contributed by atoms with Crippen LogP contribution in [0.5, 0.6) is 0 Å². The molecule has 2 aromatic rings. The van der Waals surface area contributed by atoms with Gasteiger partial charge in [-0.2, -0.15) is 0 Å². The normalized spacial score (nSPS) is 16.1. The maximum atomic E-state index is 3.31. The van der Waals surface area contributed by atoms with Crippen LogP contribution in [0.15, 0.2) is 30.3 Å². The van der Waals surface area contributed by atoms with Gasteiger partial charge in [-0.3, -0.25) is 0 Å². The minimum atomic E-state index is 0.441. The highest BCUT2D eigenvalue weighted by Gasteiger charge is 2.12. The molecular formula is C17H21NS. The molecule has 0 fully saturated rings. The van der Waals surface area contributed by atoms with Gasteiger partial charge in [-0.1, -0.05) is 18.2 Å². The molecule has 100 valence electrons. The van der Waals surface area contributed by atoms with Crippen molar-refractivity contribution in [3.63, 3.8) is 0 Å². The van der Waals surface area contributed by atoms with Crippen LogP contribution in [-0.4, -0.2) is 7.05 Å². The molecule has 1 aliphatic rings. The molecular weight excluding hydrogens is 250 g/mol. The van der Waals surface area contributed by atoms with E-state index in [2.05, 4.69) is 42.6 Å². The highest BCUT2D eigenvalue weighted by Crippen LogP contribution is 2.33. The lowest BCUT2D eigenvalue weighted by molar-refractivity contribution is 0.664. The molecule has 1 heterocycles. The first-order valence-electron chi connectivity index (χ1n) is 7.17. The van der Waals surface area contributed by atoms with E-state index in [1.54, 1.807) is 11.1 Å². The average Bonchev–Trinajstić information content (AvgIpc) is 2.95. The van der Waals surface area contributed by atoms with Gasteiger partial charge in [0.1, 0.15) is 0 Å². The lowest BCUT2D eigenvalue weighted by Crippen LogP contribution is -2.10. The summed E-state index contributed by atoms with van der Waals surface area (Å²) in [6, 6.07) is 12.0. The quantitative estimate of drug-likeness (QED) is 0.862. The van der Waals surface area contributed by atoms with Crippen molar-refractivity contribution < 1.29 is 0 Å². The molecule has 0 bridgehead atoms. The largest absolute Gasteiger partial charge is 0.313 e. The first kappa shape index (κ1) is 12.9. The molecule has 0 amide bonds. The third-order valence-electron chi connectivity index (χ3n) is 4.12. The van der Waals surface area contributed by atoms with Crippen molar-refractivity contribution in [1.82, 2.24) is 5.32 Å². The van der Waals surface area contributed by atoms with Crippen LogP contribution in [0.4, 0.5) is 0 Å². The second-order valence-electron chi connectivity index (χ2n) is 5.40. The summed E-state index contributed by atoms with van der Waals surface area (Å²) in [5.41, 5.74) is 4.52. The molecule has 1 N–H and O–H groups in total. The molecule has 2 heteroatoms. The second-order valence-corrected chi connectivity index (χ2v) is 6.52. The number of rotatable bonds is 3. The van der Waals surface area contributed by atoms with Crippen molar-refractivity contribution in [2.45, 2.75) is 38.6 Å². The zero-order chi connectivity index (χ0) is 13.2. The van der Waals surface area contributed by atoms with Crippen LogP contribution in [0.3, 0.4) is 0 Å². The molecule has 0 radical (unpaired) electrons. The van der Waals surface area contributed by atoms with Crippen molar-refractivity contribution in [3.05, 3.63) is 46.3 Å². The highest BCUT2D eigenvalue weighted by molar-refractivity contribution is 7.15. The summed E-state index contributed by atoms with van der Waals surface area (Å²) >= 11 is 1.91. The molecule has 0 saturated heterocycles. The fourth-order valence-corrected chi connectivity index (χ4v) is 3.84. The Labute approximate surface area is 119 Å². The Morgan fingerprint density at radius 1 is 1.05 bits per heavy atom. The van der Waals surface area contributed by atoms with Crippen LogP contribution in [0.1, 0.15) is 41.8 Å². The second kappa shape index (κ2) is 5.48. The summed E-state index contributed by atoms with van der Waals surface area (Å²) in [6.07, 6.45) is 5.23. The Morgan fingerprint density at radius 2 is 1.84 bits per heavy atom. The van der Waals surface area contributed by atoms with E-state index in [0.29, 0.717) is 6.04 Å². The van der Waals surface area contributed by atoms with E-state index < -0.39 is 0 Å². The first-order chi connectivity index (χ1) is 9.28. The third-order valence-corrected chi connectivity index (χ3v) is 5.44. The van der Waals surface area contributed by atoms with Crippen LogP contribution in [0.2, 0.25) is 0 Å². The molecule has 1 aromatic heterocycles. The van der Waals surface area contributed by atoms with Gasteiger partial charge in [-0.25, -0.2) is 0 Å². The summed E-state index contributed by atoms with van der Waals surface area (Å²) in [6.45, 7) is 2.21. The monoisotopic (exact) mass is 271 g/mol. The molecule has 1 unspecified atom stereocenters. The fraction of sp³-hybridized carbons (Fsp3) is 0.412. The minimum Gasteiger partial charge on any atom is -0.313 e. The van der Waals surface area contributed by atoms with Gasteiger partial charge in [-0.15, -0.1) is 11.3 Å². The molecule has 1 aromatic carbocycles. The number of fused-ring (bicyclic) bond motifs is 1. The van der Waals surface area contributed by atoms with Crippen molar-refractivity contribution in [2.75, 3.05) is 7.05 Å². The van der Waals surface area contributed by atoms with Crippen LogP contribution in [0, 0.1) is 0 Å². The Balaban J connectivity index is 1.91. The Morgan fingerprint density at radius 3 is 2.63 bits per heavy atom. The zero-order valence-corrected chi connectivity index (χ0v) is 12.5. The van der Waals surface area contributed by atoms with Crippen molar-refractivity contribution in [3.8, 4) is 10.4 Å². The SMILES string of the molecule is CNC(C)c1ccc(-c2ccc3c(c2)CCCC3)s1. The van der Waals surface area contributed by atoms with Gasteiger partial charge < -0.3 is 5.32 Å². The number of hydrogen-bond acceptors (Lipinski definition) is 2. The van der Waals surface area contributed by atoms with Crippen molar-refractivity contribution in [2.24, 2.45) is 0 Å². The molecule has 0 saturated carbocycles. The van der Waals surface area contributed by atoms with E-state index in [-0.39, 0.29) is 0 Å². The molecule has 19 heavy (non-hydrogen) atoms. The summed E-state index contributed by atoms with van der Waals surface area (Å²) in [5.74, 6) is 0. The molecule has 0 aliphatic heterocycles. The average molecular weight is 271 g/mol. The Kier molecular flexibility index (Phi) is 3.72. The number of benzene rings is 1. The Bertz CT molecular complexity index is 570.